The highest BCUT2D eigenvalue weighted by molar-refractivity contribution is 5.08. The van der Waals surface area contributed by atoms with E-state index in [2.05, 4.69) is 34.0 Å². The van der Waals surface area contributed by atoms with Gasteiger partial charge in [0.25, 0.3) is 0 Å². The van der Waals surface area contributed by atoms with Crippen LogP contribution in [0.3, 0.4) is 0 Å². The van der Waals surface area contributed by atoms with E-state index in [4.69, 9.17) is 4.74 Å². The van der Waals surface area contributed by atoms with Crippen molar-refractivity contribution >= 4 is 0 Å². The largest absolute Gasteiger partial charge is 0.475 e. The minimum absolute atomic E-state index is 0.440. The molecule has 0 atom stereocenters. The number of aromatic nitrogens is 2. The SMILES string of the molecule is CC(C)NCc1cncc(OCCN(C)C)n1. The predicted molar refractivity (Wildman–Crippen MR) is 68.1 cm³/mol. The van der Waals surface area contributed by atoms with Crippen LogP contribution in [0.25, 0.3) is 0 Å². The summed E-state index contributed by atoms with van der Waals surface area (Å²) in [6.45, 7) is 6.42. The molecular weight excluding hydrogens is 216 g/mol. The summed E-state index contributed by atoms with van der Waals surface area (Å²) >= 11 is 0. The zero-order chi connectivity index (χ0) is 12.7. The Balaban J connectivity index is 2.42. The first kappa shape index (κ1) is 13.9. The van der Waals surface area contributed by atoms with Crippen LogP contribution in [0.4, 0.5) is 0 Å². The highest BCUT2D eigenvalue weighted by Crippen LogP contribution is 2.05. The van der Waals surface area contributed by atoms with E-state index >= 15 is 0 Å². The summed E-state index contributed by atoms with van der Waals surface area (Å²) in [4.78, 5) is 10.6. The Hall–Kier alpha value is -1.20. The molecule has 5 heteroatoms. The molecular formula is C12H22N4O. The van der Waals surface area contributed by atoms with Crippen LogP contribution in [0.2, 0.25) is 0 Å². The number of ether oxygens (including phenoxy) is 1. The lowest BCUT2D eigenvalue weighted by Gasteiger charge is -2.11. The van der Waals surface area contributed by atoms with Crippen LogP contribution in [0, 0.1) is 0 Å². The van der Waals surface area contributed by atoms with E-state index in [0.29, 0.717) is 18.5 Å². The molecule has 1 rings (SSSR count). The van der Waals surface area contributed by atoms with Gasteiger partial charge in [0.2, 0.25) is 5.88 Å². The van der Waals surface area contributed by atoms with Crippen LogP contribution in [0.1, 0.15) is 19.5 Å². The number of nitrogens with one attached hydrogen (secondary N) is 1. The summed E-state index contributed by atoms with van der Waals surface area (Å²) in [7, 11) is 4.02. The Morgan fingerprint density at radius 3 is 2.76 bits per heavy atom. The predicted octanol–water partition coefficient (Wildman–Crippen LogP) is 0.915. The fraction of sp³-hybridized carbons (Fsp3) is 0.667. The van der Waals surface area contributed by atoms with E-state index < -0.39 is 0 Å². The van der Waals surface area contributed by atoms with E-state index in [0.717, 1.165) is 18.8 Å². The van der Waals surface area contributed by atoms with E-state index in [9.17, 15) is 0 Å². The second-order valence-corrected chi connectivity index (χ2v) is 4.54. The van der Waals surface area contributed by atoms with Gasteiger partial charge in [0.1, 0.15) is 6.61 Å². The second-order valence-electron chi connectivity index (χ2n) is 4.54. The highest BCUT2D eigenvalue weighted by atomic mass is 16.5. The molecule has 0 amide bonds. The van der Waals surface area contributed by atoms with Crippen molar-refractivity contribution < 1.29 is 4.74 Å². The van der Waals surface area contributed by atoms with Crippen LogP contribution in [-0.2, 0) is 6.54 Å². The van der Waals surface area contributed by atoms with Crippen LogP contribution >= 0.6 is 0 Å². The van der Waals surface area contributed by atoms with Crippen LogP contribution in [0.15, 0.2) is 12.4 Å². The third kappa shape index (κ3) is 6.19. The molecule has 1 aromatic rings. The first-order valence-corrected chi connectivity index (χ1v) is 5.89. The summed E-state index contributed by atoms with van der Waals surface area (Å²) in [6, 6.07) is 0.440. The number of hydrogen-bond acceptors (Lipinski definition) is 5. The molecule has 1 heterocycles. The van der Waals surface area contributed by atoms with E-state index in [1.807, 2.05) is 14.1 Å². The lowest BCUT2D eigenvalue weighted by Crippen LogP contribution is -2.23. The maximum atomic E-state index is 5.52. The molecule has 1 aromatic heterocycles. The van der Waals surface area contributed by atoms with Crippen molar-refractivity contribution in [3.63, 3.8) is 0 Å². The standard InChI is InChI=1S/C12H22N4O/c1-10(2)14-8-11-7-13-9-12(15-11)17-6-5-16(3)4/h7,9-10,14H,5-6,8H2,1-4H3. The van der Waals surface area contributed by atoms with E-state index in [1.54, 1.807) is 12.4 Å². The maximum absolute atomic E-state index is 5.52. The lowest BCUT2D eigenvalue weighted by molar-refractivity contribution is 0.252. The van der Waals surface area contributed by atoms with E-state index in [-0.39, 0.29) is 0 Å². The minimum Gasteiger partial charge on any atom is -0.475 e. The number of likely N-dealkylation sites (N-methyl/N-ethyl adjacent to an activating group) is 1. The number of rotatable bonds is 7. The molecule has 17 heavy (non-hydrogen) atoms. The number of hydrogen-bond donors (Lipinski definition) is 1. The Morgan fingerprint density at radius 2 is 2.12 bits per heavy atom. The van der Waals surface area contributed by atoms with Gasteiger partial charge in [-0.15, -0.1) is 0 Å². The summed E-state index contributed by atoms with van der Waals surface area (Å²) in [5.74, 6) is 0.593. The average molecular weight is 238 g/mol. The van der Waals surface area contributed by atoms with Crippen molar-refractivity contribution in [3.8, 4) is 5.88 Å². The molecule has 1 N–H and O–H groups in total. The first-order chi connectivity index (χ1) is 8.08. The Kier molecular flexibility index (Phi) is 5.86. The van der Waals surface area contributed by atoms with Crippen LogP contribution in [-0.4, -0.2) is 48.2 Å². The van der Waals surface area contributed by atoms with Gasteiger partial charge in [-0.25, -0.2) is 4.98 Å². The highest BCUT2D eigenvalue weighted by Gasteiger charge is 2.01. The van der Waals surface area contributed by atoms with Gasteiger partial charge in [0.05, 0.1) is 11.9 Å². The van der Waals surface area contributed by atoms with Crippen molar-refractivity contribution in [2.24, 2.45) is 0 Å². The van der Waals surface area contributed by atoms with Crippen LogP contribution in [0.5, 0.6) is 5.88 Å². The zero-order valence-corrected chi connectivity index (χ0v) is 11.1. The normalized spacial score (nSPS) is 11.2. The van der Waals surface area contributed by atoms with Gasteiger partial charge in [-0.1, -0.05) is 13.8 Å². The van der Waals surface area contributed by atoms with Crippen molar-refractivity contribution in [1.82, 2.24) is 20.2 Å². The third-order valence-electron chi connectivity index (χ3n) is 2.14. The third-order valence-corrected chi connectivity index (χ3v) is 2.14. The van der Waals surface area contributed by atoms with Crippen molar-refractivity contribution in [3.05, 3.63) is 18.1 Å². The molecule has 0 saturated heterocycles. The number of nitrogens with zero attached hydrogens (tertiary/aromatic N) is 3. The van der Waals surface area contributed by atoms with Gasteiger partial charge in [-0.2, -0.15) is 0 Å². The van der Waals surface area contributed by atoms with Crippen LogP contribution < -0.4 is 10.1 Å². The molecule has 0 aliphatic rings. The minimum atomic E-state index is 0.440. The fourth-order valence-corrected chi connectivity index (χ4v) is 1.18. The molecule has 0 radical (unpaired) electrons. The fourth-order valence-electron chi connectivity index (χ4n) is 1.18. The Morgan fingerprint density at radius 1 is 1.35 bits per heavy atom. The zero-order valence-electron chi connectivity index (χ0n) is 11.1. The van der Waals surface area contributed by atoms with Crippen molar-refractivity contribution in [1.29, 1.82) is 0 Å². The monoisotopic (exact) mass is 238 g/mol. The molecule has 0 bridgehead atoms. The molecule has 0 spiro atoms. The lowest BCUT2D eigenvalue weighted by atomic mass is 10.3. The summed E-state index contributed by atoms with van der Waals surface area (Å²) < 4.78 is 5.52. The summed E-state index contributed by atoms with van der Waals surface area (Å²) in [6.07, 6.45) is 3.41. The molecule has 96 valence electrons. The van der Waals surface area contributed by atoms with Gasteiger partial charge in [0.15, 0.2) is 0 Å². The Bertz CT molecular complexity index is 328. The summed E-state index contributed by atoms with van der Waals surface area (Å²) in [5.41, 5.74) is 0.904. The molecule has 0 fully saturated rings. The van der Waals surface area contributed by atoms with Gasteiger partial charge in [0, 0.05) is 25.3 Å². The van der Waals surface area contributed by atoms with Gasteiger partial charge in [-0.3, -0.25) is 4.98 Å². The van der Waals surface area contributed by atoms with Crippen molar-refractivity contribution in [2.45, 2.75) is 26.4 Å². The maximum Gasteiger partial charge on any atom is 0.232 e. The topological polar surface area (TPSA) is 50.3 Å². The molecule has 0 saturated carbocycles. The molecule has 5 nitrogen and oxygen atoms in total. The quantitative estimate of drug-likeness (QED) is 0.765. The molecule has 0 aliphatic carbocycles. The van der Waals surface area contributed by atoms with Gasteiger partial charge in [-0.05, 0) is 14.1 Å². The van der Waals surface area contributed by atoms with Gasteiger partial charge < -0.3 is 15.0 Å². The van der Waals surface area contributed by atoms with Crippen molar-refractivity contribution in [2.75, 3.05) is 27.2 Å². The summed E-state index contributed by atoms with van der Waals surface area (Å²) in [5, 5.41) is 3.30. The molecule has 0 unspecified atom stereocenters. The first-order valence-electron chi connectivity index (χ1n) is 5.89. The molecule has 0 aromatic carbocycles. The smallest absolute Gasteiger partial charge is 0.232 e. The molecule has 0 aliphatic heterocycles. The average Bonchev–Trinajstić information content (AvgIpc) is 2.26. The van der Waals surface area contributed by atoms with E-state index in [1.165, 1.54) is 0 Å². The second kappa shape index (κ2) is 7.19. The Labute approximate surface area is 103 Å². The van der Waals surface area contributed by atoms with Gasteiger partial charge >= 0.3 is 0 Å².